The average Bonchev–Trinajstić information content (AvgIpc) is 3.15. The zero-order chi connectivity index (χ0) is 22.5. The van der Waals surface area contributed by atoms with Crippen molar-refractivity contribution in [1.29, 1.82) is 0 Å². The van der Waals surface area contributed by atoms with Crippen molar-refractivity contribution in [3.63, 3.8) is 0 Å². The number of carbonyl (C=O) groups is 1. The van der Waals surface area contributed by atoms with Crippen LogP contribution in [0.25, 0.3) is 10.9 Å². The zero-order valence-corrected chi connectivity index (χ0v) is 19.4. The maximum Gasteiger partial charge on any atom is 0.220 e. The van der Waals surface area contributed by atoms with Gasteiger partial charge in [0.05, 0.1) is 7.11 Å². The third-order valence-corrected chi connectivity index (χ3v) is 5.97. The van der Waals surface area contributed by atoms with E-state index in [4.69, 9.17) is 4.74 Å². The first-order valence-electron chi connectivity index (χ1n) is 10.4. The van der Waals surface area contributed by atoms with Gasteiger partial charge in [-0.3, -0.25) is 4.79 Å². The normalized spacial score (nSPS) is 11.0. The summed E-state index contributed by atoms with van der Waals surface area (Å²) in [5.74, 6) is 0.498. The number of nitrogens with zero attached hydrogens (tertiary/aromatic N) is 1. The molecule has 0 aliphatic carbocycles. The maximum absolute atomic E-state index is 13.2. The summed E-state index contributed by atoms with van der Waals surface area (Å²) in [7, 11) is 1.62. The van der Waals surface area contributed by atoms with Crippen LogP contribution in [0.2, 0.25) is 0 Å². The molecule has 164 valence electrons. The van der Waals surface area contributed by atoms with E-state index >= 15 is 0 Å². The van der Waals surface area contributed by atoms with E-state index < -0.39 is 0 Å². The molecule has 4 aromatic rings. The maximum atomic E-state index is 13.2. The second-order valence-corrected chi connectivity index (χ2v) is 8.57. The molecule has 0 saturated carbocycles. The third kappa shape index (κ3) is 5.19. The van der Waals surface area contributed by atoms with Gasteiger partial charge in [0.2, 0.25) is 5.91 Å². The third-order valence-electron chi connectivity index (χ3n) is 5.48. The number of ether oxygens (including phenoxy) is 1. The Kier molecular flexibility index (Phi) is 6.90. The monoisotopic (exact) mass is 494 g/mol. The predicted octanol–water partition coefficient (Wildman–Crippen LogP) is 5.85. The number of para-hydroxylation sites is 1. The number of halogens is 2. The van der Waals surface area contributed by atoms with Crippen molar-refractivity contribution in [1.82, 2.24) is 9.88 Å². The molecular formula is C26H24BrFN2O2. The highest BCUT2D eigenvalue weighted by molar-refractivity contribution is 9.10. The van der Waals surface area contributed by atoms with E-state index in [1.54, 1.807) is 19.2 Å². The Morgan fingerprint density at radius 3 is 2.62 bits per heavy atom. The summed E-state index contributed by atoms with van der Waals surface area (Å²) in [6.07, 6.45) is 3.12. The molecule has 6 heteroatoms. The first-order valence-corrected chi connectivity index (χ1v) is 11.2. The number of carbonyl (C=O) groups excluding carboxylic acids is 1. The number of hydrogen-bond donors (Lipinski definition) is 1. The largest absolute Gasteiger partial charge is 0.496 e. The molecule has 1 heterocycles. The molecule has 0 saturated heterocycles. The summed E-state index contributed by atoms with van der Waals surface area (Å²) in [4.78, 5) is 12.5. The zero-order valence-electron chi connectivity index (χ0n) is 17.8. The highest BCUT2D eigenvalue weighted by Gasteiger charge is 2.12. The van der Waals surface area contributed by atoms with Gasteiger partial charge in [0.1, 0.15) is 11.6 Å². The molecule has 0 aliphatic heterocycles. The number of nitrogens with one attached hydrogen (secondary N) is 1. The minimum Gasteiger partial charge on any atom is -0.496 e. The van der Waals surface area contributed by atoms with E-state index in [1.807, 2.05) is 30.3 Å². The van der Waals surface area contributed by atoms with Crippen LogP contribution in [-0.2, 0) is 24.3 Å². The standard InChI is InChI=1S/C26H24BrFN2O2/c1-32-25-12-9-21(27)14-20(25)15-29-26(31)13-8-19-17-30(24-5-3-2-4-23(19)24)16-18-6-10-22(28)11-7-18/h2-7,9-12,14,17H,8,13,15-16H2,1H3,(H,29,31). The van der Waals surface area contributed by atoms with Crippen LogP contribution >= 0.6 is 15.9 Å². The van der Waals surface area contributed by atoms with Gasteiger partial charge >= 0.3 is 0 Å². The molecular weight excluding hydrogens is 471 g/mol. The molecule has 0 spiro atoms. The van der Waals surface area contributed by atoms with Gasteiger partial charge in [-0.1, -0.05) is 46.3 Å². The highest BCUT2D eigenvalue weighted by atomic mass is 79.9. The van der Waals surface area contributed by atoms with E-state index in [9.17, 15) is 9.18 Å². The number of fused-ring (bicyclic) bond motifs is 1. The van der Waals surface area contributed by atoms with E-state index in [2.05, 4.69) is 44.1 Å². The number of rotatable bonds is 8. The van der Waals surface area contributed by atoms with Crippen molar-refractivity contribution < 1.29 is 13.9 Å². The molecule has 3 aromatic carbocycles. The molecule has 1 N–H and O–H groups in total. The molecule has 4 nitrogen and oxygen atoms in total. The van der Waals surface area contributed by atoms with Crippen molar-refractivity contribution in [3.05, 3.63) is 99.9 Å². The van der Waals surface area contributed by atoms with Gasteiger partial charge in [-0.2, -0.15) is 0 Å². The van der Waals surface area contributed by atoms with E-state index in [-0.39, 0.29) is 11.7 Å². The molecule has 32 heavy (non-hydrogen) atoms. The van der Waals surface area contributed by atoms with Gasteiger partial charge in [-0.05, 0) is 53.9 Å². The van der Waals surface area contributed by atoms with E-state index in [0.717, 1.165) is 37.8 Å². The van der Waals surface area contributed by atoms with Gasteiger partial charge in [0, 0.05) is 46.6 Å². The SMILES string of the molecule is COc1ccc(Br)cc1CNC(=O)CCc1cn(Cc2ccc(F)cc2)c2ccccc12. The summed E-state index contributed by atoms with van der Waals surface area (Å²) in [5, 5.41) is 4.12. The van der Waals surface area contributed by atoms with Gasteiger partial charge < -0.3 is 14.6 Å². The fourth-order valence-corrected chi connectivity index (χ4v) is 4.26. The molecule has 0 bridgehead atoms. The van der Waals surface area contributed by atoms with Gasteiger partial charge in [0.15, 0.2) is 0 Å². The second-order valence-electron chi connectivity index (χ2n) is 7.66. The Bertz CT molecular complexity index is 1230. The van der Waals surface area contributed by atoms with Crippen molar-refractivity contribution in [3.8, 4) is 5.75 Å². The minimum atomic E-state index is -0.238. The van der Waals surface area contributed by atoms with Crippen LogP contribution in [0.1, 0.15) is 23.1 Å². The van der Waals surface area contributed by atoms with E-state index in [0.29, 0.717) is 25.9 Å². The Morgan fingerprint density at radius 2 is 1.84 bits per heavy atom. The van der Waals surface area contributed by atoms with Crippen LogP contribution in [-0.4, -0.2) is 17.6 Å². The van der Waals surface area contributed by atoms with E-state index in [1.165, 1.54) is 12.1 Å². The summed E-state index contributed by atoms with van der Waals surface area (Å²) < 4.78 is 21.7. The first-order chi connectivity index (χ1) is 15.5. The number of aryl methyl sites for hydroxylation is 1. The summed E-state index contributed by atoms with van der Waals surface area (Å²) in [6, 6.07) is 20.5. The highest BCUT2D eigenvalue weighted by Crippen LogP contribution is 2.25. The van der Waals surface area contributed by atoms with Gasteiger partial charge in [-0.15, -0.1) is 0 Å². The molecule has 0 atom stereocenters. The molecule has 0 aliphatic rings. The predicted molar refractivity (Wildman–Crippen MR) is 128 cm³/mol. The van der Waals surface area contributed by atoms with Crippen LogP contribution < -0.4 is 10.1 Å². The Morgan fingerprint density at radius 1 is 1.06 bits per heavy atom. The Labute approximate surface area is 195 Å². The number of hydrogen-bond acceptors (Lipinski definition) is 2. The fourth-order valence-electron chi connectivity index (χ4n) is 3.86. The molecule has 0 fully saturated rings. The van der Waals surface area contributed by atoms with Crippen LogP contribution in [0, 0.1) is 5.82 Å². The molecule has 0 radical (unpaired) electrons. The lowest BCUT2D eigenvalue weighted by atomic mass is 10.1. The summed E-state index contributed by atoms with van der Waals surface area (Å²) in [5.41, 5.74) is 4.18. The Hall–Kier alpha value is -3.12. The lowest BCUT2D eigenvalue weighted by Gasteiger charge is -2.10. The van der Waals surface area contributed by atoms with Crippen molar-refractivity contribution in [2.45, 2.75) is 25.9 Å². The van der Waals surface area contributed by atoms with Gasteiger partial charge in [-0.25, -0.2) is 4.39 Å². The van der Waals surface area contributed by atoms with Gasteiger partial charge in [0.25, 0.3) is 0 Å². The summed E-state index contributed by atoms with van der Waals surface area (Å²) >= 11 is 3.46. The lowest BCUT2D eigenvalue weighted by Crippen LogP contribution is -2.23. The first kappa shape index (κ1) is 22.1. The average molecular weight is 495 g/mol. The van der Waals surface area contributed by atoms with Crippen molar-refractivity contribution in [2.75, 3.05) is 7.11 Å². The number of aromatic nitrogens is 1. The fraction of sp³-hybridized carbons (Fsp3) is 0.192. The van der Waals surface area contributed by atoms with Crippen molar-refractivity contribution >= 4 is 32.7 Å². The minimum absolute atomic E-state index is 0.0117. The lowest BCUT2D eigenvalue weighted by molar-refractivity contribution is -0.121. The topological polar surface area (TPSA) is 43.3 Å². The number of methoxy groups -OCH3 is 1. The van der Waals surface area contributed by atoms with Crippen molar-refractivity contribution in [2.24, 2.45) is 0 Å². The molecule has 4 rings (SSSR count). The smallest absolute Gasteiger partial charge is 0.220 e. The number of amides is 1. The molecule has 1 amide bonds. The Balaban J connectivity index is 1.43. The molecule has 0 unspecified atom stereocenters. The number of benzene rings is 3. The second kappa shape index (κ2) is 10.0. The quantitative estimate of drug-likeness (QED) is 0.333. The van der Waals surface area contributed by atoms with Crippen LogP contribution in [0.4, 0.5) is 4.39 Å². The van der Waals surface area contributed by atoms with Crippen LogP contribution in [0.3, 0.4) is 0 Å². The summed E-state index contributed by atoms with van der Waals surface area (Å²) in [6.45, 7) is 1.06. The van der Waals surface area contributed by atoms with Crippen LogP contribution in [0.5, 0.6) is 5.75 Å². The van der Waals surface area contributed by atoms with Crippen LogP contribution in [0.15, 0.2) is 77.4 Å². The molecule has 1 aromatic heterocycles.